The third kappa shape index (κ3) is 4.95. The number of nitrogens with one attached hydrogen (secondary N) is 2. The molecule has 0 radical (unpaired) electrons. The summed E-state index contributed by atoms with van der Waals surface area (Å²) in [7, 11) is -3.59. The van der Waals surface area contributed by atoms with E-state index >= 15 is 0 Å². The maximum atomic E-state index is 13.7. The number of sulfonamides is 1. The molecule has 0 saturated heterocycles. The van der Waals surface area contributed by atoms with Gasteiger partial charge in [0.2, 0.25) is 10.0 Å². The summed E-state index contributed by atoms with van der Waals surface area (Å²) in [6.07, 6.45) is 4.14. The lowest BCUT2D eigenvalue weighted by atomic mass is 10.2. The second-order valence-electron chi connectivity index (χ2n) is 5.31. The Balaban J connectivity index is 2.08. The molecule has 0 spiro atoms. The predicted molar refractivity (Wildman–Crippen MR) is 84.4 cm³/mol. The largest absolute Gasteiger partial charge is 0.310 e. The number of rotatable bonds is 8. The van der Waals surface area contributed by atoms with E-state index in [2.05, 4.69) is 10.0 Å². The first-order chi connectivity index (χ1) is 9.92. The molecule has 0 bridgehead atoms. The Morgan fingerprint density at radius 2 is 2.14 bits per heavy atom. The van der Waals surface area contributed by atoms with Crippen molar-refractivity contribution in [2.24, 2.45) is 0 Å². The Bertz CT molecular complexity index is 589. The van der Waals surface area contributed by atoms with Crippen molar-refractivity contribution < 1.29 is 12.8 Å². The van der Waals surface area contributed by atoms with Gasteiger partial charge in [0.15, 0.2) is 0 Å². The first-order valence-corrected chi connectivity index (χ1v) is 9.74. The van der Waals surface area contributed by atoms with E-state index in [0.717, 1.165) is 12.8 Å². The van der Waals surface area contributed by atoms with Gasteiger partial charge in [-0.15, -0.1) is 0 Å². The molecule has 1 aromatic rings. The average molecular weight is 332 g/mol. The Morgan fingerprint density at radius 1 is 1.43 bits per heavy atom. The lowest BCUT2D eigenvalue weighted by molar-refractivity contribution is 0.574. The van der Waals surface area contributed by atoms with E-state index in [9.17, 15) is 12.8 Å². The zero-order chi connectivity index (χ0) is 15.5. The molecular weight excluding hydrogens is 311 g/mol. The van der Waals surface area contributed by atoms with E-state index < -0.39 is 10.0 Å². The van der Waals surface area contributed by atoms with E-state index in [-0.39, 0.29) is 16.0 Å². The first kappa shape index (κ1) is 16.7. The minimum atomic E-state index is -3.59. The Hall–Kier alpha value is -0.630. The summed E-state index contributed by atoms with van der Waals surface area (Å²) in [4.78, 5) is 0.116. The Labute approximate surface area is 129 Å². The minimum Gasteiger partial charge on any atom is -0.310 e. The van der Waals surface area contributed by atoms with E-state index in [1.165, 1.54) is 18.2 Å². The van der Waals surface area contributed by atoms with Crippen LogP contribution in [0.15, 0.2) is 23.1 Å². The van der Waals surface area contributed by atoms with Gasteiger partial charge in [0.25, 0.3) is 0 Å². The van der Waals surface area contributed by atoms with Crippen molar-refractivity contribution in [2.75, 3.05) is 12.8 Å². The summed E-state index contributed by atoms with van der Waals surface area (Å²) in [5.41, 5.74) is 0.391. The highest BCUT2D eigenvalue weighted by Crippen LogP contribution is 2.21. The molecule has 0 aliphatic heterocycles. The van der Waals surface area contributed by atoms with Crippen molar-refractivity contribution >= 4 is 21.8 Å². The number of thioether (sulfide) groups is 1. The monoisotopic (exact) mass is 332 g/mol. The SMILES string of the molecule is CSC(C)CNS(=O)(=O)c1ccc(F)c(CNC2CC2)c1. The van der Waals surface area contributed by atoms with Crippen LogP contribution in [0.1, 0.15) is 25.3 Å². The fourth-order valence-electron chi connectivity index (χ4n) is 1.79. The van der Waals surface area contributed by atoms with E-state index in [0.29, 0.717) is 24.7 Å². The van der Waals surface area contributed by atoms with E-state index in [1.54, 1.807) is 11.8 Å². The topological polar surface area (TPSA) is 58.2 Å². The number of benzene rings is 1. The Kier molecular flexibility index (Phi) is 5.65. The molecule has 2 N–H and O–H groups in total. The summed E-state index contributed by atoms with van der Waals surface area (Å²) in [5.74, 6) is -0.375. The molecule has 1 aliphatic carbocycles. The van der Waals surface area contributed by atoms with Crippen LogP contribution in [-0.2, 0) is 16.6 Å². The molecule has 2 rings (SSSR count). The third-order valence-corrected chi connectivity index (χ3v) is 5.84. The summed E-state index contributed by atoms with van der Waals surface area (Å²) >= 11 is 1.59. The lowest BCUT2D eigenvalue weighted by Crippen LogP contribution is -2.29. The highest BCUT2D eigenvalue weighted by molar-refractivity contribution is 7.99. The summed E-state index contributed by atoms with van der Waals surface area (Å²) in [6.45, 7) is 2.67. The molecule has 1 atom stereocenters. The first-order valence-electron chi connectivity index (χ1n) is 6.96. The number of hydrogen-bond donors (Lipinski definition) is 2. The summed E-state index contributed by atoms with van der Waals surface area (Å²) in [6, 6.07) is 4.39. The van der Waals surface area contributed by atoms with E-state index in [4.69, 9.17) is 0 Å². The molecule has 4 nitrogen and oxygen atoms in total. The van der Waals surface area contributed by atoms with Crippen LogP contribution >= 0.6 is 11.8 Å². The van der Waals surface area contributed by atoms with Crippen LogP contribution in [0.25, 0.3) is 0 Å². The van der Waals surface area contributed by atoms with Crippen LogP contribution in [0.4, 0.5) is 4.39 Å². The van der Waals surface area contributed by atoms with Crippen LogP contribution in [-0.4, -0.2) is 32.5 Å². The van der Waals surface area contributed by atoms with Crippen LogP contribution in [0.3, 0.4) is 0 Å². The molecule has 0 aromatic heterocycles. The van der Waals surface area contributed by atoms with Crippen LogP contribution in [0.2, 0.25) is 0 Å². The molecule has 0 amide bonds. The molecular formula is C14H21FN2O2S2. The lowest BCUT2D eigenvalue weighted by Gasteiger charge is -2.12. The fraction of sp³-hybridized carbons (Fsp3) is 0.571. The standard InChI is InChI=1S/C14H21FN2O2S2/c1-10(20-2)8-17-21(18,19)13-5-6-14(15)11(7-13)9-16-12-3-4-12/h5-7,10,12,16-17H,3-4,8-9H2,1-2H3. The maximum Gasteiger partial charge on any atom is 0.240 e. The zero-order valence-electron chi connectivity index (χ0n) is 12.2. The normalized spacial score (nSPS) is 16.9. The molecule has 1 saturated carbocycles. The number of halogens is 1. The van der Waals surface area contributed by atoms with Crippen LogP contribution < -0.4 is 10.0 Å². The zero-order valence-corrected chi connectivity index (χ0v) is 13.9. The second kappa shape index (κ2) is 7.09. The Morgan fingerprint density at radius 3 is 2.76 bits per heavy atom. The van der Waals surface area contributed by atoms with Crippen molar-refractivity contribution in [2.45, 2.75) is 42.5 Å². The minimum absolute atomic E-state index is 0.116. The second-order valence-corrected chi connectivity index (χ2v) is 8.35. The average Bonchev–Trinajstić information content (AvgIpc) is 3.28. The van der Waals surface area contributed by atoms with Crippen molar-refractivity contribution in [3.8, 4) is 0 Å². The number of hydrogen-bond acceptors (Lipinski definition) is 4. The summed E-state index contributed by atoms with van der Waals surface area (Å²) in [5, 5.41) is 3.38. The van der Waals surface area contributed by atoms with Gasteiger partial charge >= 0.3 is 0 Å². The van der Waals surface area contributed by atoms with Crippen LogP contribution in [0, 0.1) is 5.82 Å². The predicted octanol–water partition coefficient (Wildman–Crippen LogP) is 2.11. The smallest absolute Gasteiger partial charge is 0.240 e. The quantitative estimate of drug-likeness (QED) is 0.765. The van der Waals surface area contributed by atoms with E-state index in [1.807, 2.05) is 13.2 Å². The van der Waals surface area contributed by atoms with Gasteiger partial charge in [0.1, 0.15) is 5.82 Å². The maximum absolute atomic E-state index is 13.7. The van der Waals surface area contributed by atoms with Gasteiger partial charge in [-0.3, -0.25) is 0 Å². The van der Waals surface area contributed by atoms with Gasteiger partial charge in [-0.2, -0.15) is 11.8 Å². The third-order valence-electron chi connectivity index (χ3n) is 3.45. The van der Waals surface area contributed by atoms with Crippen molar-refractivity contribution in [1.29, 1.82) is 0 Å². The van der Waals surface area contributed by atoms with Crippen molar-refractivity contribution in [3.63, 3.8) is 0 Å². The van der Waals surface area contributed by atoms with Gasteiger partial charge in [0.05, 0.1) is 4.90 Å². The van der Waals surface area contributed by atoms with Gasteiger partial charge in [-0.25, -0.2) is 17.5 Å². The van der Waals surface area contributed by atoms with Gasteiger partial charge < -0.3 is 5.32 Å². The highest BCUT2D eigenvalue weighted by Gasteiger charge is 2.21. The van der Waals surface area contributed by atoms with Gasteiger partial charge in [-0.05, 0) is 37.3 Å². The van der Waals surface area contributed by atoms with Gasteiger partial charge in [-0.1, -0.05) is 6.92 Å². The molecule has 1 aromatic carbocycles. The molecule has 0 heterocycles. The van der Waals surface area contributed by atoms with Crippen molar-refractivity contribution in [1.82, 2.24) is 10.0 Å². The molecule has 1 unspecified atom stereocenters. The highest BCUT2D eigenvalue weighted by atomic mass is 32.2. The fourth-order valence-corrected chi connectivity index (χ4v) is 3.33. The molecule has 1 aliphatic rings. The molecule has 21 heavy (non-hydrogen) atoms. The molecule has 1 fully saturated rings. The molecule has 118 valence electrons. The van der Waals surface area contributed by atoms with Crippen molar-refractivity contribution in [3.05, 3.63) is 29.6 Å². The summed E-state index contributed by atoms with van der Waals surface area (Å²) < 4.78 is 40.7. The van der Waals surface area contributed by atoms with Gasteiger partial charge in [0, 0.05) is 29.9 Å². The van der Waals surface area contributed by atoms with Crippen LogP contribution in [0.5, 0.6) is 0 Å². The molecule has 7 heteroatoms.